The first-order valence-corrected chi connectivity index (χ1v) is 12.6. The smallest absolute Gasteiger partial charge is 0.246 e. The number of hydrogen-bond acceptors (Lipinski definition) is 7. The first kappa shape index (κ1) is 29.8. The lowest BCUT2D eigenvalue weighted by molar-refractivity contribution is -0.134. The second-order valence-electron chi connectivity index (χ2n) is 8.76. The van der Waals surface area contributed by atoms with E-state index in [1.807, 2.05) is 50.2 Å². The summed E-state index contributed by atoms with van der Waals surface area (Å²) in [5.41, 5.74) is 19.7. The molecule has 0 bridgehead atoms. The number of benzene rings is 2. The van der Waals surface area contributed by atoms with Crippen LogP contribution in [-0.2, 0) is 20.8 Å². The van der Waals surface area contributed by atoms with E-state index in [0.29, 0.717) is 38.2 Å². The van der Waals surface area contributed by atoms with Gasteiger partial charge in [-0.2, -0.15) is 0 Å². The van der Waals surface area contributed by atoms with E-state index in [4.69, 9.17) is 21.9 Å². The molecular weight excluding hydrogens is 472 g/mol. The Morgan fingerprint density at radius 2 is 1.68 bits per heavy atom. The standard InChI is InChI=1S/C27H40N6O4/c1-3-37-24-12-10-21(17-19(24)2)31-27(36)23(11-9-20-7-5-4-6-8-20)32-26(35)22(30)18-25(34)33(15-13-28)16-14-29/h4-8,10,12,17,22-23H,3,9,11,13-16,18,28-30H2,1-2H3,(H,31,36)(H,32,35). The number of aryl methyl sites for hydroxylation is 2. The topological polar surface area (TPSA) is 166 Å². The van der Waals surface area contributed by atoms with Crippen LogP contribution in [0.5, 0.6) is 5.75 Å². The minimum absolute atomic E-state index is 0.211. The second kappa shape index (κ2) is 15.6. The van der Waals surface area contributed by atoms with Gasteiger partial charge in [-0.15, -0.1) is 0 Å². The molecule has 37 heavy (non-hydrogen) atoms. The highest BCUT2D eigenvalue weighted by molar-refractivity contribution is 5.98. The molecule has 2 aromatic rings. The highest BCUT2D eigenvalue weighted by Crippen LogP contribution is 2.22. The summed E-state index contributed by atoms with van der Waals surface area (Å²) in [6.07, 6.45) is 0.706. The van der Waals surface area contributed by atoms with Crippen molar-refractivity contribution in [3.05, 3.63) is 59.7 Å². The molecule has 2 rings (SSSR count). The number of anilines is 1. The number of carbonyl (C=O) groups is 3. The van der Waals surface area contributed by atoms with Gasteiger partial charge in [-0.05, 0) is 56.0 Å². The summed E-state index contributed by atoms with van der Waals surface area (Å²) in [5.74, 6) is -0.527. The van der Waals surface area contributed by atoms with Crippen molar-refractivity contribution in [3.8, 4) is 5.75 Å². The van der Waals surface area contributed by atoms with Crippen LogP contribution < -0.4 is 32.6 Å². The van der Waals surface area contributed by atoms with Gasteiger partial charge in [-0.1, -0.05) is 30.3 Å². The number of hydrogen-bond donors (Lipinski definition) is 5. The van der Waals surface area contributed by atoms with E-state index >= 15 is 0 Å². The van der Waals surface area contributed by atoms with Crippen LogP contribution in [0, 0.1) is 6.92 Å². The van der Waals surface area contributed by atoms with Gasteiger partial charge in [-0.25, -0.2) is 0 Å². The fraction of sp³-hybridized carbons (Fsp3) is 0.444. The third-order valence-corrected chi connectivity index (χ3v) is 5.82. The van der Waals surface area contributed by atoms with E-state index in [-0.39, 0.29) is 31.3 Å². The first-order chi connectivity index (χ1) is 17.8. The third-order valence-electron chi connectivity index (χ3n) is 5.82. The summed E-state index contributed by atoms with van der Waals surface area (Å²) < 4.78 is 5.56. The van der Waals surface area contributed by atoms with Gasteiger partial charge in [0.2, 0.25) is 17.7 Å². The second-order valence-corrected chi connectivity index (χ2v) is 8.76. The van der Waals surface area contributed by atoms with Crippen LogP contribution in [0.4, 0.5) is 5.69 Å². The van der Waals surface area contributed by atoms with Crippen molar-refractivity contribution in [2.45, 2.75) is 45.2 Å². The van der Waals surface area contributed by atoms with Crippen molar-refractivity contribution in [2.24, 2.45) is 17.2 Å². The zero-order valence-corrected chi connectivity index (χ0v) is 21.7. The molecule has 0 aliphatic carbocycles. The Morgan fingerprint density at radius 1 is 1.00 bits per heavy atom. The number of amides is 3. The molecule has 10 nitrogen and oxygen atoms in total. The average molecular weight is 513 g/mol. The van der Waals surface area contributed by atoms with Crippen molar-refractivity contribution in [3.63, 3.8) is 0 Å². The summed E-state index contributed by atoms with van der Waals surface area (Å²) >= 11 is 0. The molecule has 2 unspecified atom stereocenters. The highest BCUT2D eigenvalue weighted by Gasteiger charge is 2.26. The normalized spacial score (nSPS) is 12.4. The Bertz CT molecular complexity index is 1010. The number of nitrogens with one attached hydrogen (secondary N) is 2. The van der Waals surface area contributed by atoms with E-state index < -0.39 is 18.0 Å². The van der Waals surface area contributed by atoms with Gasteiger partial charge >= 0.3 is 0 Å². The molecule has 0 aliphatic rings. The highest BCUT2D eigenvalue weighted by atomic mass is 16.5. The molecule has 0 radical (unpaired) electrons. The van der Waals surface area contributed by atoms with Gasteiger partial charge in [0.25, 0.3) is 0 Å². The van der Waals surface area contributed by atoms with Crippen molar-refractivity contribution < 1.29 is 19.1 Å². The molecule has 0 aliphatic heterocycles. The van der Waals surface area contributed by atoms with Gasteiger partial charge in [0.1, 0.15) is 11.8 Å². The molecular formula is C27H40N6O4. The molecule has 0 fully saturated rings. The van der Waals surface area contributed by atoms with E-state index in [2.05, 4.69) is 10.6 Å². The Morgan fingerprint density at radius 3 is 2.27 bits per heavy atom. The Labute approximate surface area is 218 Å². The van der Waals surface area contributed by atoms with Crippen LogP contribution in [0.25, 0.3) is 0 Å². The summed E-state index contributed by atoms with van der Waals surface area (Å²) in [5, 5.41) is 5.61. The van der Waals surface area contributed by atoms with Crippen molar-refractivity contribution in [1.82, 2.24) is 10.2 Å². The van der Waals surface area contributed by atoms with Gasteiger partial charge in [0, 0.05) is 31.9 Å². The van der Waals surface area contributed by atoms with Crippen LogP contribution in [-0.4, -0.2) is 67.5 Å². The molecule has 3 amide bonds. The summed E-state index contributed by atoms with van der Waals surface area (Å²) in [6, 6.07) is 13.0. The van der Waals surface area contributed by atoms with E-state index in [1.54, 1.807) is 12.1 Å². The van der Waals surface area contributed by atoms with Crippen molar-refractivity contribution in [2.75, 3.05) is 38.1 Å². The van der Waals surface area contributed by atoms with Crippen molar-refractivity contribution in [1.29, 1.82) is 0 Å². The number of nitrogens with two attached hydrogens (primary N) is 3. The Hall–Kier alpha value is -3.47. The molecule has 0 saturated carbocycles. The Balaban J connectivity index is 2.11. The van der Waals surface area contributed by atoms with Gasteiger partial charge in [0.05, 0.1) is 19.1 Å². The number of carbonyl (C=O) groups excluding carboxylic acids is 3. The monoisotopic (exact) mass is 512 g/mol. The quantitative estimate of drug-likeness (QED) is 0.236. The third kappa shape index (κ3) is 9.83. The van der Waals surface area contributed by atoms with E-state index in [1.165, 1.54) is 4.90 Å². The zero-order chi connectivity index (χ0) is 27.2. The molecule has 0 saturated heterocycles. The van der Waals surface area contributed by atoms with E-state index in [9.17, 15) is 14.4 Å². The van der Waals surface area contributed by atoms with Crippen molar-refractivity contribution >= 4 is 23.4 Å². The zero-order valence-electron chi connectivity index (χ0n) is 21.7. The maximum Gasteiger partial charge on any atom is 0.246 e. The minimum Gasteiger partial charge on any atom is -0.494 e. The maximum absolute atomic E-state index is 13.2. The van der Waals surface area contributed by atoms with Crippen LogP contribution in [0.1, 0.15) is 30.9 Å². The van der Waals surface area contributed by atoms with Gasteiger partial charge < -0.3 is 37.5 Å². The Kier molecular flexibility index (Phi) is 12.5. The lowest BCUT2D eigenvalue weighted by Crippen LogP contribution is -2.52. The summed E-state index contributed by atoms with van der Waals surface area (Å²) in [7, 11) is 0. The van der Waals surface area contributed by atoms with Crippen LogP contribution in [0.2, 0.25) is 0 Å². The summed E-state index contributed by atoms with van der Waals surface area (Å²) in [4.78, 5) is 40.2. The maximum atomic E-state index is 13.2. The molecule has 2 aromatic carbocycles. The SMILES string of the molecule is CCOc1ccc(NC(=O)C(CCc2ccccc2)NC(=O)C(N)CC(=O)N(CCN)CCN)cc1C. The van der Waals surface area contributed by atoms with E-state index in [0.717, 1.165) is 16.9 Å². The lowest BCUT2D eigenvalue weighted by atomic mass is 10.0. The fourth-order valence-corrected chi connectivity index (χ4v) is 3.86. The molecule has 0 aromatic heterocycles. The fourth-order valence-electron chi connectivity index (χ4n) is 3.86. The van der Waals surface area contributed by atoms with Gasteiger partial charge in [0.15, 0.2) is 0 Å². The number of nitrogens with zero attached hydrogens (tertiary/aromatic N) is 1. The minimum atomic E-state index is -1.12. The average Bonchev–Trinajstić information content (AvgIpc) is 2.88. The largest absolute Gasteiger partial charge is 0.494 e. The van der Waals surface area contributed by atoms with Crippen LogP contribution in [0.3, 0.4) is 0 Å². The molecule has 202 valence electrons. The molecule has 0 heterocycles. The predicted molar refractivity (Wildman–Crippen MR) is 145 cm³/mol. The molecule has 0 spiro atoms. The summed E-state index contributed by atoms with van der Waals surface area (Å²) in [6.45, 7) is 5.55. The van der Waals surface area contributed by atoms with Gasteiger partial charge in [-0.3, -0.25) is 14.4 Å². The molecule has 10 heteroatoms. The van der Waals surface area contributed by atoms with Crippen LogP contribution >= 0.6 is 0 Å². The predicted octanol–water partition coefficient (Wildman–Crippen LogP) is 0.913. The number of ether oxygens (including phenoxy) is 1. The lowest BCUT2D eigenvalue weighted by Gasteiger charge is -2.24. The molecule has 2 atom stereocenters. The number of rotatable bonds is 15. The first-order valence-electron chi connectivity index (χ1n) is 12.6. The molecule has 8 N–H and O–H groups in total. The van der Waals surface area contributed by atoms with Crippen LogP contribution in [0.15, 0.2) is 48.5 Å².